The van der Waals surface area contributed by atoms with Crippen molar-refractivity contribution in [3.63, 3.8) is 0 Å². The number of para-hydroxylation sites is 1. The molecule has 0 saturated carbocycles. The van der Waals surface area contributed by atoms with E-state index in [4.69, 9.17) is 0 Å². The molecule has 0 spiro atoms. The van der Waals surface area contributed by atoms with E-state index >= 15 is 0 Å². The fourth-order valence-electron chi connectivity index (χ4n) is 0.610. The van der Waals surface area contributed by atoms with Gasteiger partial charge >= 0.3 is 59.1 Å². The number of hydrogen-bond donors (Lipinski definition) is 0. The van der Waals surface area contributed by atoms with Crippen LogP contribution in [0.1, 0.15) is 0 Å². The fraction of sp³-hybridized carbons (Fsp3) is 0. The second kappa shape index (κ2) is 24.0. The van der Waals surface area contributed by atoms with Crippen molar-refractivity contribution in [2.75, 3.05) is 0 Å². The van der Waals surface area contributed by atoms with Crippen molar-refractivity contribution in [1.82, 2.24) is 0 Å². The number of hydrogen-bond acceptors (Lipinski definition) is 4. The van der Waals surface area contributed by atoms with Crippen molar-refractivity contribution in [2.24, 2.45) is 0 Å². The van der Waals surface area contributed by atoms with Crippen LogP contribution in [0.5, 0.6) is 5.75 Å². The van der Waals surface area contributed by atoms with E-state index in [9.17, 15) is 14.4 Å². The molecule has 1 aromatic rings. The van der Waals surface area contributed by atoms with Crippen molar-refractivity contribution in [2.45, 2.75) is 0 Å². The van der Waals surface area contributed by atoms with Gasteiger partial charge in [0.2, 0.25) is 0 Å². The van der Waals surface area contributed by atoms with Crippen LogP contribution in [0.25, 0.3) is 0 Å². The molecular formula is C6H17Na2O10P. The van der Waals surface area contributed by atoms with Gasteiger partial charge in [0.15, 0.2) is 0 Å². The molecule has 1 rings (SSSR count). The zero-order valence-corrected chi connectivity index (χ0v) is 15.4. The molecule has 0 fully saturated rings. The normalized spacial score (nSPS) is 6.42. The van der Waals surface area contributed by atoms with Crippen LogP contribution in [0, 0.1) is 0 Å². The number of rotatable bonds is 2. The first-order valence-corrected chi connectivity index (χ1v) is 4.31. The Labute approximate surface area is 153 Å². The van der Waals surface area contributed by atoms with E-state index in [2.05, 4.69) is 4.52 Å². The van der Waals surface area contributed by atoms with E-state index in [0.717, 1.165) is 0 Å². The topological polar surface area (TPSA) is 261 Å². The van der Waals surface area contributed by atoms with Crippen molar-refractivity contribution < 1.29 is 111 Å². The van der Waals surface area contributed by atoms with E-state index < -0.39 is 7.82 Å². The van der Waals surface area contributed by atoms with Gasteiger partial charge in [-0.15, -0.1) is 0 Å². The van der Waals surface area contributed by atoms with Crippen LogP contribution >= 0.6 is 7.82 Å². The van der Waals surface area contributed by atoms with Crippen LogP contribution < -0.4 is 73.4 Å². The summed E-state index contributed by atoms with van der Waals surface area (Å²) in [5, 5.41) is 0. The average molecular weight is 326 g/mol. The van der Waals surface area contributed by atoms with Gasteiger partial charge in [-0.3, -0.25) is 0 Å². The maximum absolute atomic E-state index is 10.1. The molecule has 108 valence electrons. The first-order valence-electron chi connectivity index (χ1n) is 2.85. The Kier molecular flexibility index (Phi) is 63.3. The molecule has 0 amide bonds. The van der Waals surface area contributed by atoms with E-state index in [1.165, 1.54) is 12.1 Å². The Morgan fingerprint density at radius 3 is 1.37 bits per heavy atom. The first kappa shape index (κ1) is 50.2. The molecule has 19 heavy (non-hydrogen) atoms. The van der Waals surface area contributed by atoms with Gasteiger partial charge in [-0.1, -0.05) is 18.2 Å². The number of benzene rings is 1. The SMILES string of the molecule is O.O.O.O.O.O.O=P([O-])([O-])Oc1ccccc1.[Na+].[Na+]. The standard InChI is InChI=1S/C6H7O4P.2Na.6H2O/c7-11(8,9)10-6-4-2-1-3-5-6;;;;;;;;/h1-5H,(H2,7,8,9);;;6*1H2/q;2*+1;;;;;;/p-2. The Balaban J connectivity index is -0.0000000252. The Morgan fingerprint density at radius 1 is 0.789 bits per heavy atom. The second-order valence-electron chi connectivity index (χ2n) is 1.85. The van der Waals surface area contributed by atoms with Crippen LogP contribution in [-0.2, 0) is 4.57 Å². The Morgan fingerprint density at radius 2 is 1.11 bits per heavy atom. The van der Waals surface area contributed by atoms with Gasteiger partial charge in [-0.25, -0.2) is 0 Å². The number of phosphoric acid groups is 1. The molecule has 0 atom stereocenters. The molecule has 13 heteroatoms. The molecule has 0 aliphatic rings. The van der Waals surface area contributed by atoms with Gasteiger partial charge in [-0.05, 0) is 12.1 Å². The number of phosphoric ester groups is 1. The van der Waals surface area contributed by atoms with Gasteiger partial charge in [0.05, 0.1) is 0 Å². The van der Waals surface area contributed by atoms with E-state index in [1.807, 2.05) is 0 Å². The Hall–Kier alpha value is 0.930. The fourth-order valence-corrected chi connectivity index (χ4v) is 0.990. The molecule has 0 saturated heterocycles. The van der Waals surface area contributed by atoms with Crippen molar-refractivity contribution in [1.29, 1.82) is 0 Å². The molecule has 0 aliphatic carbocycles. The summed E-state index contributed by atoms with van der Waals surface area (Å²) in [6.07, 6.45) is 0. The molecule has 0 heterocycles. The monoisotopic (exact) mass is 326 g/mol. The van der Waals surface area contributed by atoms with E-state index in [-0.39, 0.29) is 97.7 Å². The molecule has 12 N–H and O–H groups in total. The molecule has 1 aromatic carbocycles. The maximum Gasteiger partial charge on any atom is 1.00 e. The molecule has 10 nitrogen and oxygen atoms in total. The van der Waals surface area contributed by atoms with Crippen LogP contribution in [0.3, 0.4) is 0 Å². The summed E-state index contributed by atoms with van der Waals surface area (Å²) < 4.78 is 14.1. The van der Waals surface area contributed by atoms with Crippen molar-refractivity contribution >= 4 is 7.82 Å². The maximum atomic E-state index is 10.1. The van der Waals surface area contributed by atoms with Gasteiger partial charge in [0, 0.05) is 0 Å². The van der Waals surface area contributed by atoms with Gasteiger partial charge in [0.1, 0.15) is 13.6 Å². The Bertz CT molecular complexity index is 281. The third-order valence-electron chi connectivity index (χ3n) is 0.960. The first-order chi connectivity index (χ1) is 5.08. The summed E-state index contributed by atoms with van der Waals surface area (Å²) in [7, 11) is -4.89. The minimum absolute atomic E-state index is 0. The predicted octanol–water partition coefficient (Wildman–Crippen LogP) is -11.0. The van der Waals surface area contributed by atoms with Gasteiger partial charge in [-0.2, -0.15) is 0 Å². The van der Waals surface area contributed by atoms with Gasteiger partial charge < -0.3 is 51.7 Å². The molecule has 0 radical (unpaired) electrons. The van der Waals surface area contributed by atoms with E-state index in [1.54, 1.807) is 18.2 Å². The van der Waals surface area contributed by atoms with Crippen LogP contribution in [0.2, 0.25) is 0 Å². The zero-order valence-electron chi connectivity index (χ0n) is 10.5. The zero-order chi connectivity index (χ0) is 8.32. The van der Waals surface area contributed by atoms with Crippen LogP contribution in [0.4, 0.5) is 0 Å². The quantitative estimate of drug-likeness (QED) is 0.378. The average Bonchev–Trinajstić information content (AvgIpc) is 1.85. The van der Waals surface area contributed by atoms with Gasteiger partial charge in [0.25, 0.3) is 0 Å². The summed E-state index contributed by atoms with van der Waals surface area (Å²) in [5.41, 5.74) is 0. The molecule has 0 aromatic heterocycles. The second-order valence-corrected chi connectivity index (χ2v) is 2.93. The van der Waals surface area contributed by atoms with Crippen LogP contribution in [-0.4, -0.2) is 32.9 Å². The largest absolute Gasteiger partial charge is 1.00 e. The summed E-state index contributed by atoms with van der Waals surface area (Å²) >= 11 is 0. The summed E-state index contributed by atoms with van der Waals surface area (Å²) in [6.45, 7) is 0. The molecule has 0 aliphatic heterocycles. The van der Waals surface area contributed by atoms with Crippen LogP contribution in [0.15, 0.2) is 30.3 Å². The summed E-state index contributed by atoms with van der Waals surface area (Å²) in [5.74, 6) is 0.0424. The molecule has 0 bridgehead atoms. The third-order valence-corrected chi connectivity index (χ3v) is 1.39. The third kappa shape index (κ3) is 28.0. The smallest absolute Gasteiger partial charge is 0.780 e. The molecule has 0 unspecified atom stereocenters. The predicted molar refractivity (Wildman–Crippen MR) is 56.4 cm³/mol. The minimum atomic E-state index is -4.89. The van der Waals surface area contributed by atoms with Crippen molar-refractivity contribution in [3.05, 3.63) is 30.3 Å². The summed E-state index contributed by atoms with van der Waals surface area (Å²) in [4.78, 5) is 20.1. The molecular weight excluding hydrogens is 309 g/mol. The minimum Gasteiger partial charge on any atom is -0.780 e. The van der Waals surface area contributed by atoms with Crippen molar-refractivity contribution in [3.8, 4) is 5.75 Å². The van der Waals surface area contributed by atoms with E-state index in [0.29, 0.717) is 0 Å². The summed E-state index contributed by atoms with van der Waals surface area (Å²) in [6, 6.07) is 7.62.